The minimum atomic E-state index is 0.436. The fourth-order valence-corrected chi connectivity index (χ4v) is 2.32. The Kier molecular flexibility index (Phi) is 2.86. The summed E-state index contributed by atoms with van der Waals surface area (Å²) in [6.07, 6.45) is 2.09. The van der Waals surface area contributed by atoms with E-state index in [1.807, 2.05) is 0 Å². The van der Waals surface area contributed by atoms with E-state index in [0.29, 0.717) is 11.8 Å². The molecule has 1 N–H and O–H groups in total. The van der Waals surface area contributed by atoms with E-state index in [9.17, 15) is 0 Å². The largest absolute Gasteiger partial charge is 0.329 e. The normalized spacial score (nSPS) is 15.6. The SMILES string of the molecule is C=C1C(C(C)C)=C(C)Nc2nc(C(C)C)cn21. The van der Waals surface area contributed by atoms with Gasteiger partial charge in [0, 0.05) is 17.6 Å². The smallest absolute Gasteiger partial charge is 0.212 e. The van der Waals surface area contributed by atoms with Gasteiger partial charge in [0.05, 0.1) is 5.69 Å². The fourth-order valence-electron chi connectivity index (χ4n) is 2.32. The van der Waals surface area contributed by atoms with Crippen molar-refractivity contribution in [3.8, 4) is 0 Å². The maximum Gasteiger partial charge on any atom is 0.212 e. The number of fused-ring (bicyclic) bond motifs is 1. The average molecular weight is 231 g/mol. The highest BCUT2D eigenvalue weighted by atomic mass is 15.2. The van der Waals surface area contributed by atoms with E-state index in [4.69, 9.17) is 0 Å². The van der Waals surface area contributed by atoms with Gasteiger partial charge in [0.2, 0.25) is 5.95 Å². The molecule has 0 unspecified atom stereocenters. The van der Waals surface area contributed by atoms with Gasteiger partial charge < -0.3 is 5.32 Å². The van der Waals surface area contributed by atoms with E-state index in [0.717, 1.165) is 17.3 Å². The average Bonchev–Trinajstić information content (AvgIpc) is 2.60. The highest BCUT2D eigenvalue weighted by Gasteiger charge is 2.23. The maximum absolute atomic E-state index is 4.60. The third-order valence-corrected chi connectivity index (χ3v) is 3.20. The first-order chi connectivity index (χ1) is 7.91. The molecule has 0 amide bonds. The van der Waals surface area contributed by atoms with Gasteiger partial charge in [-0.15, -0.1) is 0 Å². The van der Waals surface area contributed by atoms with Crippen LogP contribution in [0, 0.1) is 5.92 Å². The summed E-state index contributed by atoms with van der Waals surface area (Å²) < 4.78 is 2.07. The van der Waals surface area contributed by atoms with E-state index < -0.39 is 0 Å². The zero-order valence-electron chi connectivity index (χ0n) is 11.3. The second-order valence-electron chi connectivity index (χ2n) is 5.28. The zero-order chi connectivity index (χ0) is 12.7. The van der Waals surface area contributed by atoms with Crippen molar-refractivity contribution in [1.29, 1.82) is 0 Å². The van der Waals surface area contributed by atoms with Crippen LogP contribution >= 0.6 is 0 Å². The molecule has 0 saturated carbocycles. The van der Waals surface area contributed by atoms with Gasteiger partial charge in [-0.2, -0.15) is 0 Å². The van der Waals surface area contributed by atoms with Crippen LogP contribution in [0.2, 0.25) is 0 Å². The molecule has 2 heterocycles. The van der Waals surface area contributed by atoms with Crippen molar-refractivity contribution in [1.82, 2.24) is 9.55 Å². The standard InChI is InChI=1S/C14H21N3/c1-8(2)12-7-17-11(6)13(9(3)4)10(5)15-14(17)16-12/h7-9H,6H2,1-5H3,(H,15,16). The van der Waals surface area contributed by atoms with Gasteiger partial charge in [0.25, 0.3) is 0 Å². The number of aromatic nitrogens is 2. The van der Waals surface area contributed by atoms with Crippen molar-refractivity contribution in [2.75, 3.05) is 5.32 Å². The Morgan fingerprint density at radius 1 is 1.24 bits per heavy atom. The molecule has 1 aliphatic heterocycles. The van der Waals surface area contributed by atoms with Crippen LogP contribution in [0.15, 0.2) is 24.0 Å². The molecule has 92 valence electrons. The lowest BCUT2D eigenvalue weighted by molar-refractivity contribution is 0.765. The molecule has 1 aromatic rings. The van der Waals surface area contributed by atoms with Gasteiger partial charge >= 0.3 is 0 Å². The summed E-state index contributed by atoms with van der Waals surface area (Å²) in [5, 5.41) is 3.37. The van der Waals surface area contributed by atoms with Crippen molar-refractivity contribution >= 4 is 11.6 Å². The summed E-state index contributed by atoms with van der Waals surface area (Å²) in [4.78, 5) is 4.60. The maximum atomic E-state index is 4.60. The Balaban J connectivity index is 2.47. The molecular weight excluding hydrogens is 210 g/mol. The van der Waals surface area contributed by atoms with Crippen LogP contribution in [0.5, 0.6) is 0 Å². The molecule has 1 aromatic heterocycles. The molecule has 0 saturated heterocycles. The first kappa shape index (κ1) is 12.0. The van der Waals surface area contributed by atoms with Gasteiger partial charge in [-0.05, 0) is 24.3 Å². The monoisotopic (exact) mass is 231 g/mol. The Morgan fingerprint density at radius 2 is 1.88 bits per heavy atom. The Labute approximate surface area is 103 Å². The van der Waals surface area contributed by atoms with Crippen molar-refractivity contribution in [3.63, 3.8) is 0 Å². The lowest BCUT2D eigenvalue weighted by Gasteiger charge is -2.25. The van der Waals surface area contributed by atoms with E-state index in [2.05, 4.69) is 62.3 Å². The molecule has 1 aliphatic rings. The molecule has 0 atom stereocenters. The summed E-state index contributed by atoms with van der Waals surface area (Å²) in [6, 6.07) is 0. The van der Waals surface area contributed by atoms with Gasteiger partial charge in [0.1, 0.15) is 0 Å². The number of rotatable bonds is 2. The molecule has 0 aliphatic carbocycles. The van der Waals surface area contributed by atoms with E-state index in [-0.39, 0.29) is 0 Å². The summed E-state index contributed by atoms with van der Waals surface area (Å²) in [6.45, 7) is 15.0. The lowest BCUT2D eigenvalue weighted by atomic mass is 9.97. The number of hydrogen-bond acceptors (Lipinski definition) is 2. The van der Waals surface area contributed by atoms with E-state index in [1.165, 1.54) is 11.3 Å². The van der Waals surface area contributed by atoms with Crippen molar-refractivity contribution in [3.05, 3.63) is 29.7 Å². The molecule has 0 radical (unpaired) electrons. The molecule has 3 heteroatoms. The number of nitrogens with one attached hydrogen (secondary N) is 1. The minimum absolute atomic E-state index is 0.436. The molecule has 0 aromatic carbocycles. The fraction of sp³-hybridized carbons (Fsp3) is 0.500. The highest BCUT2D eigenvalue weighted by Crippen LogP contribution is 2.34. The summed E-state index contributed by atoms with van der Waals surface area (Å²) >= 11 is 0. The molecule has 0 spiro atoms. The van der Waals surface area contributed by atoms with E-state index >= 15 is 0 Å². The van der Waals surface area contributed by atoms with Gasteiger partial charge in [-0.3, -0.25) is 4.57 Å². The summed E-state index contributed by atoms with van der Waals surface area (Å²) in [5.41, 5.74) is 4.60. The van der Waals surface area contributed by atoms with Crippen LogP contribution in [0.4, 0.5) is 5.95 Å². The molecule has 2 rings (SSSR count). The predicted octanol–water partition coefficient (Wildman–Crippen LogP) is 3.83. The Morgan fingerprint density at radius 3 is 2.41 bits per heavy atom. The zero-order valence-corrected chi connectivity index (χ0v) is 11.3. The highest BCUT2D eigenvalue weighted by molar-refractivity contribution is 5.72. The third-order valence-electron chi connectivity index (χ3n) is 3.20. The van der Waals surface area contributed by atoms with E-state index in [1.54, 1.807) is 0 Å². The van der Waals surface area contributed by atoms with Gasteiger partial charge in [0.15, 0.2) is 0 Å². The van der Waals surface area contributed by atoms with Crippen LogP contribution < -0.4 is 5.32 Å². The van der Waals surface area contributed by atoms with Crippen LogP contribution in [0.3, 0.4) is 0 Å². The molecule has 0 bridgehead atoms. The number of allylic oxidation sites excluding steroid dienone is 3. The molecule has 3 nitrogen and oxygen atoms in total. The topological polar surface area (TPSA) is 29.9 Å². The Bertz CT molecular complexity index is 490. The third kappa shape index (κ3) is 1.90. The first-order valence-corrected chi connectivity index (χ1v) is 6.18. The molecular formula is C14H21N3. The Hall–Kier alpha value is -1.51. The van der Waals surface area contributed by atoms with Crippen molar-refractivity contribution < 1.29 is 0 Å². The number of imidazole rings is 1. The molecule has 0 fully saturated rings. The second kappa shape index (κ2) is 4.06. The summed E-state index contributed by atoms with van der Waals surface area (Å²) in [5.74, 6) is 1.79. The number of hydrogen-bond donors (Lipinski definition) is 1. The number of anilines is 1. The van der Waals surface area contributed by atoms with Gasteiger partial charge in [-0.25, -0.2) is 4.98 Å². The quantitative estimate of drug-likeness (QED) is 0.838. The van der Waals surface area contributed by atoms with Crippen molar-refractivity contribution in [2.24, 2.45) is 5.92 Å². The lowest BCUT2D eigenvalue weighted by Crippen LogP contribution is -2.17. The minimum Gasteiger partial charge on any atom is -0.329 e. The van der Waals surface area contributed by atoms with Crippen molar-refractivity contribution in [2.45, 2.75) is 40.5 Å². The molecule has 17 heavy (non-hydrogen) atoms. The first-order valence-electron chi connectivity index (χ1n) is 6.18. The predicted molar refractivity (Wildman–Crippen MR) is 72.8 cm³/mol. The number of nitrogens with zero attached hydrogens (tertiary/aromatic N) is 2. The second-order valence-corrected chi connectivity index (χ2v) is 5.28. The van der Waals surface area contributed by atoms with Gasteiger partial charge in [-0.1, -0.05) is 34.3 Å². The van der Waals surface area contributed by atoms with Crippen LogP contribution in [0.25, 0.3) is 5.70 Å². The van der Waals surface area contributed by atoms with Crippen LogP contribution in [-0.4, -0.2) is 9.55 Å². The van der Waals surface area contributed by atoms with Crippen LogP contribution in [-0.2, 0) is 0 Å². The van der Waals surface area contributed by atoms with Crippen LogP contribution in [0.1, 0.15) is 46.2 Å². The summed E-state index contributed by atoms with van der Waals surface area (Å²) in [7, 11) is 0.